The molecule has 0 aliphatic rings. The van der Waals surface area contributed by atoms with Crippen molar-refractivity contribution in [3.63, 3.8) is 0 Å². The molecule has 0 rings (SSSR count). The molecule has 0 fully saturated rings. The summed E-state index contributed by atoms with van der Waals surface area (Å²) in [7, 11) is 0. The van der Waals surface area contributed by atoms with E-state index in [2.05, 4.69) is 118 Å². The van der Waals surface area contributed by atoms with Gasteiger partial charge < -0.3 is 14.2 Å². The molecular weight excluding hydrogens is 829 g/mol. The SMILES string of the molecule is CC/C=C\C/C=C\C/C=C\C/C=C\C/C=C\CCCCCC(=O)OCC(COC(=O)CCCCCCCCC/C=C\C/C=C\CC)OC(=O)CCCCCCC/C=C\CCCCCCCCC. The Kier molecular flexibility index (Phi) is 51.9. The molecule has 67 heavy (non-hydrogen) atoms. The van der Waals surface area contributed by atoms with Gasteiger partial charge in [0.1, 0.15) is 13.2 Å². The lowest BCUT2D eigenvalue weighted by Crippen LogP contribution is -2.30. The molecule has 0 amide bonds. The molecule has 0 saturated heterocycles. The van der Waals surface area contributed by atoms with Crippen LogP contribution in [0.15, 0.2) is 97.2 Å². The summed E-state index contributed by atoms with van der Waals surface area (Å²) in [5.74, 6) is -0.945. The van der Waals surface area contributed by atoms with E-state index >= 15 is 0 Å². The molecule has 0 aromatic carbocycles. The summed E-state index contributed by atoms with van der Waals surface area (Å²) in [5, 5.41) is 0. The lowest BCUT2D eigenvalue weighted by atomic mass is 10.1. The van der Waals surface area contributed by atoms with E-state index < -0.39 is 6.10 Å². The Bertz CT molecular complexity index is 1350. The zero-order valence-electron chi connectivity index (χ0n) is 43.6. The molecule has 1 unspecified atom stereocenters. The van der Waals surface area contributed by atoms with Crippen LogP contribution in [0.2, 0.25) is 0 Å². The number of ether oxygens (including phenoxy) is 3. The maximum atomic E-state index is 12.8. The van der Waals surface area contributed by atoms with E-state index in [0.29, 0.717) is 19.3 Å². The first-order valence-corrected chi connectivity index (χ1v) is 27.7. The summed E-state index contributed by atoms with van der Waals surface area (Å²) in [6.07, 6.45) is 72.5. The van der Waals surface area contributed by atoms with Crippen molar-refractivity contribution in [2.24, 2.45) is 0 Å². The van der Waals surface area contributed by atoms with Crippen molar-refractivity contribution >= 4 is 17.9 Å². The molecule has 0 aliphatic carbocycles. The van der Waals surface area contributed by atoms with E-state index in [-0.39, 0.29) is 31.1 Å². The van der Waals surface area contributed by atoms with Crippen molar-refractivity contribution in [2.75, 3.05) is 13.2 Å². The number of carbonyl (C=O) groups is 3. The molecule has 0 saturated carbocycles. The van der Waals surface area contributed by atoms with Crippen molar-refractivity contribution < 1.29 is 28.6 Å². The minimum Gasteiger partial charge on any atom is -0.462 e. The monoisotopic (exact) mass is 931 g/mol. The van der Waals surface area contributed by atoms with Crippen LogP contribution in [-0.4, -0.2) is 37.2 Å². The summed E-state index contributed by atoms with van der Waals surface area (Å²) in [4.78, 5) is 38.1. The Morgan fingerprint density at radius 3 is 0.940 bits per heavy atom. The molecular formula is C61H102O6. The number of esters is 3. The minimum absolute atomic E-state index is 0.0963. The van der Waals surface area contributed by atoms with E-state index in [1.807, 2.05) is 0 Å². The van der Waals surface area contributed by atoms with Crippen molar-refractivity contribution in [1.82, 2.24) is 0 Å². The maximum absolute atomic E-state index is 12.8. The van der Waals surface area contributed by atoms with Crippen molar-refractivity contribution in [3.05, 3.63) is 97.2 Å². The van der Waals surface area contributed by atoms with E-state index in [1.54, 1.807) is 0 Å². The van der Waals surface area contributed by atoms with Gasteiger partial charge in [0.05, 0.1) is 0 Å². The smallest absolute Gasteiger partial charge is 0.306 e. The highest BCUT2D eigenvalue weighted by molar-refractivity contribution is 5.71. The second-order valence-electron chi connectivity index (χ2n) is 18.1. The van der Waals surface area contributed by atoms with Gasteiger partial charge in [0.25, 0.3) is 0 Å². The summed E-state index contributed by atoms with van der Waals surface area (Å²) in [6.45, 7) is 6.38. The Hall–Kier alpha value is -3.67. The van der Waals surface area contributed by atoms with Crippen LogP contribution in [0.3, 0.4) is 0 Å². The van der Waals surface area contributed by atoms with Gasteiger partial charge in [0.15, 0.2) is 6.10 Å². The highest BCUT2D eigenvalue weighted by Gasteiger charge is 2.19. The van der Waals surface area contributed by atoms with Gasteiger partial charge in [-0.3, -0.25) is 14.4 Å². The van der Waals surface area contributed by atoms with Gasteiger partial charge in [-0.05, 0) is 116 Å². The predicted molar refractivity (Wildman–Crippen MR) is 288 cm³/mol. The largest absolute Gasteiger partial charge is 0.462 e. The van der Waals surface area contributed by atoms with Crippen LogP contribution < -0.4 is 0 Å². The summed E-state index contributed by atoms with van der Waals surface area (Å²) >= 11 is 0. The lowest BCUT2D eigenvalue weighted by molar-refractivity contribution is -0.167. The highest BCUT2D eigenvalue weighted by atomic mass is 16.6. The number of rotatable bonds is 49. The normalized spacial score (nSPS) is 12.8. The third kappa shape index (κ3) is 53.2. The molecule has 0 bridgehead atoms. The van der Waals surface area contributed by atoms with Gasteiger partial charge in [-0.15, -0.1) is 0 Å². The van der Waals surface area contributed by atoms with Crippen LogP contribution in [-0.2, 0) is 28.6 Å². The summed E-state index contributed by atoms with van der Waals surface area (Å²) < 4.78 is 16.8. The van der Waals surface area contributed by atoms with Crippen molar-refractivity contribution in [3.8, 4) is 0 Å². The Morgan fingerprint density at radius 1 is 0.313 bits per heavy atom. The van der Waals surface area contributed by atoms with Gasteiger partial charge in [0.2, 0.25) is 0 Å². The first-order chi connectivity index (χ1) is 33.0. The zero-order valence-corrected chi connectivity index (χ0v) is 43.6. The van der Waals surface area contributed by atoms with Gasteiger partial charge >= 0.3 is 17.9 Å². The van der Waals surface area contributed by atoms with Crippen LogP contribution in [0.5, 0.6) is 0 Å². The molecule has 0 N–H and O–H groups in total. The first-order valence-electron chi connectivity index (χ1n) is 27.7. The van der Waals surface area contributed by atoms with Crippen LogP contribution in [0.4, 0.5) is 0 Å². The van der Waals surface area contributed by atoms with Crippen molar-refractivity contribution in [1.29, 1.82) is 0 Å². The lowest BCUT2D eigenvalue weighted by Gasteiger charge is -2.18. The predicted octanol–water partition coefficient (Wildman–Crippen LogP) is 18.5. The first kappa shape index (κ1) is 63.3. The van der Waals surface area contributed by atoms with Crippen LogP contribution in [0, 0.1) is 0 Å². The van der Waals surface area contributed by atoms with Crippen LogP contribution in [0.1, 0.15) is 252 Å². The summed E-state index contributed by atoms with van der Waals surface area (Å²) in [5.41, 5.74) is 0. The quantitative estimate of drug-likeness (QED) is 0.0262. The fourth-order valence-corrected chi connectivity index (χ4v) is 7.44. The van der Waals surface area contributed by atoms with Crippen molar-refractivity contribution in [2.45, 2.75) is 258 Å². The average molecular weight is 931 g/mol. The molecule has 0 radical (unpaired) electrons. The fraction of sp³-hybridized carbons (Fsp3) is 0.689. The molecule has 0 aliphatic heterocycles. The average Bonchev–Trinajstić information content (AvgIpc) is 3.33. The summed E-state index contributed by atoms with van der Waals surface area (Å²) in [6, 6.07) is 0. The molecule has 6 heteroatoms. The van der Waals surface area contributed by atoms with Crippen LogP contribution >= 0.6 is 0 Å². The number of carbonyl (C=O) groups excluding carboxylic acids is 3. The number of hydrogen-bond acceptors (Lipinski definition) is 6. The highest BCUT2D eigenvalue weighted by Crippen LogP contribution is 2.14. The molecule has 382 valence electrons. The van der Waals surface area contributed by atoms with E-state index in [1.165, 1.54) is 83.5 Å². The third-order valence-corrected chi connectivity index (χ3v) is 11.6. The Balaban J connectivity index is 4.47. The molecule has 6 nitrogen and oxygen atoms in total. The number of allylic oxidation sites excluding steroid dienone is 16. The van der Waals surface area contributed by atoms with Gasteiger partial charge in [0, 0.05) is 19.3 Å². The van der Waals surface area contributed by atoms with E-state index in [0.717, 1.165) is 128 Å². The Morgan fingerprint density at radius 2 is 0.582 bits per heavy atom. The van der Waals surface area contributed by atoms with E-state index in [4.69, 9.17) is 14.2 Å². The molecule has 0 aromatic heterocycles. The number of hydrogen-bond donors (Lipinski definition) is 0. The second kappa shape index (κ2) is 54.9. The fourth-order valence-electron chi connectivity index (χ4n) is 7.44. The maximum Gasteiger partial charge on any atom is 0.306 e. The van der Waals surface area contributed by atoms with E-state index in [9.17, 15) is 14.4 Å². The topological polar surface area (TPSA) is 78.9 Å². The number of unbranched alkanes of at least 4 members (excludes halogenated alkanes) is 22. The minimum atomic E-state index is -0.800. The van der Waals surface area contributed by atoms with Gasteiger partial charge in [-0.1, -0.05) is 214 Å². The van der Waals surface area contributed by atoms with Gasteiger partial charge in [-0.25, -0.2) is 0 Å². The molecule has 1 atom stereocenters. The molecule has 0 aromatic rings. The third-order valence-electron chi connectivity index (χ3n) is 11.6. The Labute approximate surface area is 413 Å². The van der Waals surface area contributed by atoms with Gasteiger partial charge in [-0.2, -0.15) is 0 Å². The standard InChI is InChI=1S/C61H102O6/c1-4-7-10-13-16-19-22-25-28-30-31-32-34-36-39-42-45-48-51-54-60(63)66-57-58(56-65-59(62)53-50-47-44-41-38-35-27-24-21-18-15-12-9-6-3)67-61(64)55-52-49-46-43-40-37-33-29-26-23-20-17-14-11-8-5-2/h7,9-10,12,16,18-19,21,25,28-29,31-33,36,39,58H,4-6,8,11,13-15,17,20,22-24,26-27,30,34-35,37-38,40-57H2,1-3H3/b10-7-,12-9-,19-16-,21-18-,28-25-,32-31-,33-29-,39-36-. The zero-order chi connectivity index (χ0) is 48.6. The second-order valence-corrected chi connectivity index (χ2v) is 18.1. The molecule has 0 spiro atoms. The molecule has 0 heterocycles. The van der Waals surface area contributed by atoms with Crippen LogP contribution in [0.25, 0.3) is 0 Å².